The normalized spacial score (nSPS) is 10.6. The van der Waals surface area contributed by atoms with Crippen LogP contribution in [0.25, 0.3) is 0 Å². The summed E-state index contributed by atoms with van der Waals surface area (Å²) in [6.07, 6.45) is -5.26. The van der Waals surface area contributed by atoms with Crippen LogP contribution in [0.2, 0.25) is 0 Å². The van der Waals surface area contributed by atoms with Crippen molar-refractivity contribution in [2.45, 2.75) is 12.6 Å². The zero-order valence-corrected chi connectivity index (χ0v) is 12.7. The summed E-state index contributed by atoms with van der Waals surface area (Å²) in [6, 6.07) is 12.3. The SMILES string of the molecule is N#Cc1ccc(NC(=O)CC(=O)Nc2ccccc2C(F)(F)F)cc1. The van der Waals surface area contributed by atoms with Crippen LogP contribution in [0.4, 0.5) is 24.5 Å². The number of hydrogen-bond acceptors (Lipinski definition) is 3. The van der Waals surface area contributed by atoms with Gasteiger partial charge in [-0.2, -0.15) is 18.4 Å². The predicted octanol–water partition coefficient (Wildman–Crippen LogP) is 3.54. The molecule has 2 rings (SSSR count). The van der Waals surface area contributed by atoms with E-state index in [1.807, 2.05) is 6.07 Å². The quantitative estimate of drug-likeness (QED) is 0.830. The van der Waals surface area contributed by atoms with Crippen molar-refractivity contribution in [2.75, 3.05) is 10.6 Å². The van der Waals surface area contributed by atoms with Crippen molar-refractivity contribution < 1.29 is 22.8 Å². The Morgan fingerprint density at radius 2 is 1.56 bits per heavy atom. The van der Waals surface area contributed by atoms with Gasteiger partial charge in [-0.25, -0.2) is 0 Å². The van der Waals surface area contributed by atoms with E-state index in [9.17, 15) is 22.8 Å². The van der Waals surface area contributed by atoms with Crippen molar-refractivity contribution in [3.63, 3.8) is 0 Å². The first-order valence-corrected chi connectivity index (χ1v) is 7.05. The molecule has 0 fully saturated rings. The maximum absolute atomic E-state index is 12.9. The lowest BCUT2D eigenvalue weighted by Gasteiger charge is -2.13. The number of alkyl halides is 3. The highest BCUT2D eigenvalue weighted by Crippen LogP contribution is 2.34. The van der Waals surface area contributed by atoms with Crippen LogP contribution in [0.3, 0.4) is 0 Å². The first kappa shape index (κ1) is 18.0. The second-order valence-electron chi connectivity index (χ2n) is 5.01. The number of rotatable bonds is 4. The van der Waals surface area contributed by atoms with Crippen LogP contribution in [-0.2, 0) is 15.8 Å². The van der Waals surface area contributed by atoms with Crippen molar-refractivity contribution in [1.29, 1.82) is 5.26 Å². The number of benzene rings is 2. The number of nitrogens with zero attached hydrogens (tertiary/aromatic N) is 1. The molecule has 25 heavy (non-hydrogen) atoms. The average Bonchev–Trinajstić information content (AvgIpc) is 2.54. The van der Waals surface area contributed by atoms with Crippen LogP contribution in [0.1, 0.15) is 17.5 Å². The minimum absolute atomic E-state index is 0.368. The lowest BCUT2D eigenvalue weighted by atomic mass is 10.1. The van der Waals surface area contributed by atoms with Gasteiger partial charge in [0.15, 0.2) is 0 Å². The van der Waals surface area contributed by atoms with Crippen LogP contribution < -0.4 is 10.6 Å². The van der Waals surface area contributed by atoms with Gasteiger partial charge in [-0.1, -0.05) is 12.1 Å². The fourth-order valence-electron chi connectivity index (χ4n) is 2.01. The molecule has 2 amide bonds. The van der Waals surface area contributed by atoms with Gasteiger partial charge < -0.3 is 10.6 Å². The average molecular weight is 347 g/mol. The fraction of sp³-hybridized carbons (Fsp3) is 0.118. The lowest BCUT2D eigenvalue weighted by Crippen LogP contribution is -2.22. The molecule has 0 atom stereocenters. The molecule has 128 valence electrons. The van der Waals surface area contributed by atoms with E-state index in [1.165, 1.54) is 36.4 Å². The first-order valence-electron chi connectivity index (χ1n) is 7.05. The van der Waals surface area contributed by atoms with Crippen molar-refractivity contribution >= 4 is 23.2 Å². The Morgan fingerprint density at radius 3 is 2.16 bits per heavy atom. The van der Waals surface area contributed by atoms with Crippen molar-refractivity contribution in [3.8, 4) is 6.07 Å². The summed E-state index contributed by atoms with van der Waals surface area (Å²) in [4.78, 5) is 23.6. The molecule has 0 spiro atoms. The molecule has 0 bridgehead atoms. The number of carbonyl (C=O) groups excluding carboxylic acids is 2. The van der Waals surface area contributed by atoms with Gasteiger partial charge in [-0.05, 0) is 36.4 Å². The van der Waals surface area contributed by atoms with E-state index in [4.69, 9.17) is 5.26 Å². The number of amides is 2. The smallest absolute Gasteiger partial charge is 0.326 e. The Balaban J connectivity index is 1.98. The van der Waals surface area contributed by atoms with Gasteiger partial charge in [0.05, 0.1) is 22.9 Å². The molecule has 0 aliphatic heterocycles. The molecule has 5 nitrogen and oxygen atoms in total. The first-order chi connectivity index (χ1) is 11.8. The molecule has 8 heteroatoms. The molecule has 2 N–H and O–H groups in total. The molecule has 0 radical (unpaired) electrons. The van der Waals surface area contributed by atoms with Crippen molar-refractivity contribution in [3.05, 3.63) is 59.7 Å². The number of carbonyl (C=O) groups is 2. The highest BCUT2D eigenvalue weighted by atomic mass is 19.4. The third-order valence-corrected chi connectivity index (χ3v) is 3.13. The van der Waals surface area contributed by atoms with Crippen LogP contribution in [0.15, 0.2) is 48.5 Å². The Hall–Kier alpha value is -3.34. The topological polar surface area (TPSA) is 82.0 Å². The summed E-state index contributed by atoms with van der Waals surface area (Å²) in [6.45, 7) is 0. The largest absolute Gasteiger partial charge is 0.418 e. The second-order valence-corrected chi connectivity index (χ2v) is 5.01. The maximum Gasteiger partial charge on any atom is 0.418 e. The van der Waals surface area contributed by atoms with Gasteiger partial charge in [0, 0.05) is 5.69 Å². The van der Waals surface area contributed by atoms with E-state index in [-0.39, 0.29) is 0 Å². The number of para-hydroxylation sites is 1. The molecule has 2 aromatic rings. The van der Waals surface area contributed by atoms with Gasteiger partial charge in [0.1, 0.15) is 6.42 Å². The van der Waals surface area contributed by atoms with Gasteiger partial charge in [0.2, 0.25) is 11.8 Å². The van der Waals surface area contributed by atoms with Crippen LogP contribution in [0.5, 0.6) is 0 Å². The molecule has 0 aliphatic carbocycles. The van der Waals surface area contributed by atoms with E-state index in [0.717, 1.165) is 12.1 Å². The zero-order chi connectivity index (χ0) is 18.4. The van der Waals surface area contributed by atoms with E-state index >= 15 is 0 Å². The molecular formula is C17H12F3N3O2. The summed E-state index contributed by atoms with van der Waals surface area (Å²) in [5.41, 5.74) is -0.631. The minimum Gasteiger partial charge on any atom is -0.326 e. The summed E-state index contributed by atoms with van der Waals surface area (Å²) < 4.78 is 38.6. The van der Waals surface area contributed by atoms with E-state index in [0.29, 0.717) is 11.3 Å². The van der Waals surface area contributed by atoms with E-state index < -0.39 is 35.7 Å². The number of nitriles is 1. The maximum atomic E-state index is 12.9. The molecule has 0 saturated carbocycles. The molecule has 2 aromatic carbocycles. The summed E-state index contributed by atoms with van der Waals surface area (Å²) in [7, 11) is 0. The number of halogens is 3. The van der Waals surface area contributed by atoms with E-state index in [1.54, 1.807) is 0 Å². The number of hydrogen-bond donors (Lipinski definition) is 2. The molecule has 0 aliphatic rings. The van der Waals surface area contributed by atoms with Crippen molar-refractivity contribution in [2.24, 2.45) is 0 Å². The molecule has 0 saturated heterocycles. The van der Waals surface area contributed by atoms with Crippen LogP contribution in [-0.4, -0.2) is 11.8 Å². The van der Waals surface area contributed by atoms with Gasteiger partial charge in [-0.15, -0.1) is 0 Å². The molecule has 0 unspecified atom stereocenters. The standard InChI is InChI=1S/C17H12F3N3O2/c18-17(19,20)13-3-1-2-4-14(13)23-16(25)9-15(24)22-12-7-5-11(10-21)6-8-12/h1-8H,9H2,(H,22,24)(H,23,25). The minimum atomic E-state index is -4.62. The summed E-state index contributed by atoms with van der Waals surface area (Å²) in [5, 5.41) is 13.2. The highest BCUT2D eigenvalue weighted by molar-refractivity contribution is 6.08. The molecular weight excluding hydrogens is 335 g/mol. The Labute approximate surface area is 141 Å². The fourth-order valence-corrected chi connectivity index (χ4v) is 2.01. The second kappa shape index (κ2) is 7.49. The van der Waals surface area contributed by atoms with E-state index in [2.05, 4.69) is 10.6 Å². The third kappa shape index (κ3) is 5.07. The van der Waals surface area contributed by atoms with Crippen LogP contribution in [0, 0.1) is 11.3 Å². The molecule has 0 aromatic heterocycles. The van der Waals surface area contributed by atoms with Gasteiger partial charge >= 0.3 is 6.18 Å². The summed E-state index contributed by atoms with van der Waals surface area (Å²) >= 11 is 0. The van der Waals surface area contributed by atoms with Crippen LogP contribution >= 0.6 is 0 Å². The highest BCUT2D eigenvalue weighted by Gasteiger charge is 2.33. The Bertz CT molecular complexity index is 824. The van der Waals surface area contributed by atoms with Crippen molar-refractivity contribution in [1.82, 2.24) is 0 Å². The van der Waals surface area contributed by atoms with Gasteiger partial charge in [0.25, 0.3) is 0 Å². The number of anilines is 2. The predicted molar refractivity (Wildman–Crippen MR) is 84.5 cm³/mol. The Morgan fingerprint density at radius 1 is 0.960 bits per heavy atom. The summed E-state index contributed by atoms with van der Waals surface area (Å²) in [5.74, 6) is -1.56. The number of nitrogens with one attached hydrogen (secondary N) is 2. The monoisotopic (exact) mass is 347 g/mol. The van der Waals surface area contributed by atoms with Gasteiger partial charge in [-0.3, -0.25) is 9.59 Å². The molecule has 0 heterocycles. The third-order valence-electron chi connectivity index (χ3n) is 3.13. The lowest BCUT2D eigenvalue weighted by molar-refractivity contribution is -0.137. The zero-order valence-electron chi connectivity index (χ0n) is 12.7. The Kier molecular flexibility index (Phi) is 5.39.